The lowest BCUT2D eigenvalue weighted by Gasteiger charge is -2.21. The Morgan fingerprint density at radius 3 is 2.85 bits per heavy atom. The SMILES string of the molecule is CCN(CC)CCCNC1CCNCc2ccccc21. The van der Waals surface area contributed by atoms with Crippen LogP contribution in [0, 0.1) is 0 Å². The van der Waals surface area contributed by atoms with Crippen molar-refractivity contribution in [3.05, 3.63) is 35.4 Å². The molecule has 0 radical (unpaired) electrons. The normalized spacial score (nSPS) is 18.9. The lowest BCUT2D eigenvalue weighted by molar-refractivity contribution is 0.295. The number of nitrogens with one attached hydrogen (secondary N) is 2. The molecular weight excluding hydrogens is 246 g/mol. The molecule has 0 aromatic heterocycles. The van der Waals surface area contributed by atoms with E-state index in [1.54, 1.807) is 0 Å². The van der Waals surface area contributed by atoms with Gasteiger partial charge in [0.1, 0.15) is 0 Å². The summed E-state index contributed by atoms with van der Waals surface area (Å²) in [7, 11) is 0. The van der Waals surface area contributed by atoms with Gasteiger partial charge in [-0.3, -0.25) is 0 Å². The highest BCUT2D eigenvalue weighted by Gasteiger charge is 2.16. The molecular formula is C17H29N3. The topological polar surface area (TPSA) is 27.3 Å². The van der Waals surface area contributed by atoms with Crippen molar-refractivity contribution >= 4 is 0 Å². The van der Waals surface area contributed by atoms with Crippen LogP contribution in [0.15, 0.2) is 24.3 Å². The van der Waals surface area contributed by atoms with E-state index in [2.05, 4.69) is 53.6 Å². The molecule has 0 spiro atoms. The van der Waals surface area contributed by atoms with Crippen molar-refractivity contribution in [2.45, 2.75) is 39.3 Å². The highest BCUT2D eigenvalue weighted by atomic mass is 15.1. The number of hydrogen-bond acceptors (Lipinski definition) is 3. The minimum Gasteiger partial charge on any atom is -0.313 e. The molecule has 0 saturated heterocycles. The molecule has 0 bridgehead atoms. The van der Waals surface area contributed by atoms with Gasteiger partial charge in [0.05, 0.1) is 0 Å². The summed E-state index contributed by atoms with van der Waals surface area (Å²) in [5, 5.41) is 7.27. The first-order valence-corrected chi connectivity index (χ1v) is 8.09. The molecule has 0 saturated carbocycles. The first kappa shape index (κ1) is 15.5. The van der Waals surface area contributed by atoms with Gasteiger partial charge >= 0.3 is 0 Å². The van der Waals surface area contributed by atoms with Crippen LogP contribution in [0.25, 0.3) is 0 Å². The lowest BCUT2D eigenvalue weighted by atomic mass is 9.99. The molecule has 1 aromatic carbocycles. The van der Waals surface area contributed by atoms with Crippen LogP contribution in [0.3, 0.4) is 0 Å². The number of fused-ring (bicyclic) bond motifs is 1. The summed E-state index contributed by atoms with van der Waals surface area (Å²) in [5.41, 5.74) is 2.94. The third-order valence-corrected chi connectivity index (χ3v) is 4.29. The van der Waals surface area contributed by atoms with E-state index in [1.165, 1.54) is 30.5 Å². The molecule has 1 aromatic rings. The van der Waals surface area contributed by atoms with Crippen LogP contribution in [0.5, 0.6) is 0 Å². The third-order valence-electron chi connectivity index (χ3n) is 4.29. The lowest BCUT2D eigenvalue weighted by Crippen LogP contribution is -2.29. The maximum atomic E-state index is 3.75. The van der Waals surface area contributed by atoms with Crippen molar-refractivity contribution in [3.63, 3.8) is 0 Å². The Labute approximate surface area is 123 Å². The number of nitrogens with zero attached hydrogens (tertiary/aromatic N) is 1. The summed E-state index contributed by atoms with van der Waals surface area (Å²) in [5.74, 6) is 0. The summed E-state index contributed by atoms with van der Waals surface area (Å²) < 4.78 is 0. The average Bonchev–Trinajstić information content (AvgIpc) is 2.70. The number of hydrogen-bond donors (Lipinski definition) is 2. The van der Waals surface area contributed by atoms with Crippen LogP contribution in [0.4, 0.5) is 0 Å². The van der Waals surface area contributed by atoms with Crippen molar-refractivity contribution in [2.75, 3.05) is 32.7 Å². The monoisotopic (exact) mass is 275 g/mol. The fourth-order valence-corrected chi connectivity index (χ4v) is 2.99. The predicted molar refractivity (Wildman–Crippen MR) is 85.9 cm³/mol. The Hall–Kier alpha value is -0.900. The van der Waals surface area contributed by atoms with Gasteiger partial charge < -0.3 is 15.5 Å². The Morgan fingerprint density at radius 2 is 2.05 bits per heavy atom. The molecule has 20 heavy (non-hydrogen) atoms. The van der Waals surface area contributed by atoms with Gasteiger partial charge in [-0.2, -0.15) is 0 Å². The van der Waals surface area contributed by atoms with Crippen LogP contribution in [0.2, 0.25) is 0 Å². The van der Waals surface area contributed by atoms with Crippen molar-refractivity contribution in [3.8, 4) is 0 Å². The molecule has 0 amide bonds. The predicted octanol–water partition coefficient (Wildman–Crippen LogP) is 2.54. The molecule has 1 aliphatic heterocycles. The Bertz CT molecular complexity index is 388. The average molecular weight is 275 g/mol. The third kappa shape index (κ3) is 4.30. The second-order valence-electron chi connectivity index (χ2n) is 5.55. The van der Waals surface area contributed by atoms with Crippen molar-refractivity contribution < 1.29 is 0 Å². The molecule has 1 heterocycles. The van der Waals surface area contributed by atoms with Crippen LogP contribution in [-0.4, -0.2) is 37.6 Å². The van der Waals surface area contributed by atoms with Gasteiger partial charge in [-0.05, 0) is 56.7 Å². The second-order valence-corrected chi connectivity index (χ2v) is 5.55. The minimum atomic E-state index is 0.512. The van der Waals surface area contributed by atoms with Gasteiger partial charge in [-0.25, -0.2) is 0 Å². The van der Waals surface area contributed by atoms with Gasteiger partial charge in [0, 0.05) is 12.6 Å². The zero-order valence-electron chi connectivity index (χ0n) is 13.0. The van der Waals surface area contributed by atoms with E-state index in [0.29, 0.717) is 6.04 Å². The molecule has 1 aliphatic rings. The summed E-state index contributed by atoms with van der Waals surface area (Å²) in [4.78, 5) is 2.49. The van der Waals surface area contributed by atoms with Crippen molar-refractivity contribution in [2.24, 2.45) is 0 Å². The van der Waals surface area contributed by atoms with Gasteiger partial charge in [0.15, 0.2) is 0 Å². The van der Waals surface area contributed by atoms with E-state index in [-0.39, 0.29) is 0 Å². The van der Waals surface area contributed by atoms with Gasteiger partial charge in [0.2, 0.25) is 0 Å². The molecule has 0 fully saturated rings. The molecule has 3 nitrogen and oxygen atoms in total. The van der Waals surface area contributed by atoms with E-state index >= 15 is 0 Å². The van der Waals surface area contributed by atoms with Gasteiger partial charge in [-0.15, -0.1) is 0 Å². The summed E-state index contributed by atoms with van der Waals surface area (Å²) in [6.45, 7) is 11.2. The van der Waals surface area contributed by atoms with Gasteiger partial charge in [-0.1, -0.05) is 38.1 Å². The molecule has 2 rings (SSSR count). The van der Waals surface area contributed by atoms with E-state index in [4.69, 9.17) is 0 Å². The largest absolute Gasteiger partial charge is 0.313 e. The summed E-state index contributed by atoms with van der Waals surface area (Å²) in [6, 6.07) is 9.35. The van der Waals surface area contributed by atoms with Gasteiger partial charge in [0.25, 0.3) is 0 Å². The van der Waals surface area contributed by atoms with Crippen LogP contribution in [0.1, 0.15) is 43.9 Å². The number of benzene rings is 1. The fourth-order valence-electron chi connectivity index (χ4n) is 2.99. The molecule has 0 aliphatic carbocycles. The molecule has 2 N–H and O–H groups in total. The zero-order valence-corrected chi connectivity index (χ0v) is 13.0. The molecule has 3 heteroatoms. The molecule has 1 atom stereocenters. The standard InChI is InChI=1S/C17H29N3/c1-3-20(4-2)13-7-11-19-17-10-12-18-14-15-8-5-6-9-16(15)17/h5-6,8-9,17-19H,3-4,7,10-14H2,1-2H3. The number of rotatable bonds is 7. The van der Waals surface area contributed by atoms with E-state index < -0.39 is 0 Å². The highest BCUT2D eigenvalue weighted by Crippen LogP contribution is 2.23. The van der Waals surface area contributed by atoms with Crippen LogP contribution >= 0.6 is 0 Å². The van der Waals surface area contributed by atoms with Crippen LogP contribution < -0.4 is 10.6 Å². The maximum Gasteiger partial charge on any atom is 0.0335 e. The van der Waals surface area contributed by atoms with Crippen molar-refractivity contribution in [1.29, 1.82) is 0 Å². The quantitative estimate of drug-likeness (QED) is 0.749. The van der Waals surface area contributed by atoms with Crippen LogP contribution in [-0.2, 0) is 6.54 Å². The highest BCUT2D eigenvalue weighted by molar-refractivity contribution is 5.30. The minimum absolute atomic E-state index is 0.512. The summed E-state index contributed by atoms with van der Waals surface area (Å²) >= 11 is 0. The maximum absolute atomic E-state index is 3.75. The first-order valence-electron chi connectivity index (χ1n) is 8.09. The zero-order chi connectivity index (χ0) is 14.2. The summed E-state index contributed by atoms with van der Waals surface area (Å²) in [6.07, 6.45) is 2.41. The Morgan fingerprint density at radius 1 is 1.25 bits per heavy atom. The smallest absolute Gasteiger partial charge is 0.0335 e. The van der Waals surface area contributed by atoms with E-state index in [0.717, 1.165) is 32.7 Å². The Balaban J connectivity index is 1.83. The molecule has 112 valence electrons. The second kappa shape index (κ2) is 8.40. The van der Waals surface area contributed by atoms with E-state index in [9.17, 15) is 0 Å². The Kier molecular flexibility index (Phi) is 6.51. The van der Waals surface area contributed by atoms with Crippen molar-refractivity contribution in [1.82, 2.24) is 15.5 Å². The first-order chi connectivity index (χ1) is 9.85. The van der Waals surface area contributed by atoms with E-state index in [1.807, 2.05) is 0 Å². The molecule has 1 unspecified atom stereocenters. The fraction of sp³-hybridized carbons (Fsp3) is 0.647.